The summed E-state index contributed by atoms with van der Waals surface area (Å²) in [6, 6.07) is 2.62. The van der Waals surface area contributed by atoms with Crippen LogP contribution in [0.25, 0.3) is 0 Å². The van der Waals surface area contributed by atoms with Gasteiger partial charge in [-0.3, -0.25) is 9.78 Å². The monoisotopic (exact) mass is 377 g/mol. The first-order chi connectivity index (χ1) is 12.4. The van der Waals surface area contributed by atoms with Gasteiger partial charge in [0.1, 0.15) is 11.5 Å². The van der Waals surface area contributed by atoms with Crippen LogP contribution in [0.3, 0.4) is 0 Å². The van der Waals surface area contributed by atoms with E-state index in [0.717, 1.165) is 17.5 Å². The van der Waals surface area contributed by atoms with Gasteiger partial charge >= 0.3 is 5.97 Å². The lowest BCUT2D eigenvalue weighted by Gasteiger charge is -2.11. The predicted molar refractivity (Wildman–Crippen MR) is 98.5 cm³/mol. The lowest BCUT2D eigenvalue weighted by molar-refractivity contribution is 0.0696. The van der Waals surface area contributed by atoms with Crippen LogP contribution in [-0.4, -0.2) is 49.5 Å². The van der Waals surface area contributed by atoms with Crippen LogP contribution >= 0.6 is 11.8 Å². The van der Waals surface area contributed by atoms with Crippen LogP contribution < -0.4 is 5.32 Å². The number of hydrogen-bond donors (Lipinski definition) is 2. The van der Waals surface area contributed by atoms with E-state index in [0.29, 0.717) is 25.3 Å². The van der Waals surface area contributed by atoms with Crippen LogP contribution in [-0.2, 0) is 13.0 Å². The first kappa shape index (κ1) is 19.9. The summed E-state index contributed by atoms with van der Waals surface area (Å²) in [5.74, 6) is -0.0803. The second kappa shape index (κ2) is 9.33. The van der Waals surface area contributed by atoms with Gasteiger partial charge in [-0.2, -0.15) is 0 Å². The zero-order chi connectivity index (χ0) is 19.1. The van der Waals surface area contributed by atoms with Crippen molar-refractivity contribution in [3.8, 4) is 0 Å². The molecule has 2 N–H and O–H groups in total. The van der Waals surface area contributed by atoms with E-state index in [4.69, 9.17) is 5.11 Å². The van der Waals surface area contributed by atoms with Crippen molar-refractivity contribution >= 4 is 23.6 Å². The zero-order valence-corrected chi connectivity index (χ0v) is 15.9. The van der Waals surface area contributed by atoms with E-state index in [2.05, 4.69) is 38.9 Å². The van der Waals surface area contributed by atoms with Gasteiger partial charge in [0.15, 0.2) is 5.16 Å². The fraction of sp³-hybridized carbons (Fsp3) is 0.471. The van der Waals surface area contributed by atoms with E-state index >= 15 is 0 Å². The molecule has 0 aromatic carbocycles. The average Bonchev–Trinajstić information content (AvgIpc) is 2.99. The molecule has 0 bridgehead atoms. The number of rotatable bonds is 9. The van der Waals surface area contributed by atoms with Gasteiger partial charge in [-0.25, -0.2) is 4.79 Å². The highest BCUT2D eigenvalue weighted by Crippen LogP contribution is 2.16. The fourth-order valence-corrected chi connectivity index (χ4v) is 2.95. The van der Waals surface area contributed by atoms with Gasteiger partial charge in [0.2, 0.25) is 0 Å². The van der Waals surface area contributed by atoms with Crippen molar-refractivity contribution in [3.63, 3.8) is 0 Å². The molecule has 0 radical (unpaired) electrons. The molecule has 0 spiro atoms. The summed E-state index contributed by atoms with van der Waals surface area (Å²) in [4.78, 5) is 27.0. The Kier molecular flexibility index (Phi) is 7.14. The van der Waals surface area contributed by atoms with E-state index in [1.165, 1.54) is 18.3 Å². The van der Waals surface area contributed by atoms with E-state index in [1.54, 1.807) is 11.8 Å². The van der Waals surface area contributed by atoms with Crippen LogP contribution in [0.4, 0.5) is 0 Å². The van der Waals surface area contributed by atoms with Gasteiger partial charge in [-0.15, -0.1) is 10.2 Å². The largest absolute Gasteiger partial charge is 0.478 e. The molecule has 0 unspecified atom stereocenters. The highest BCUT2D eigenvalue weighted by Gasteiger charge is 2.13. The van der Waals surface area contributed by atoms with Crippen LogP contribution in [0.1, 0.15) is 46.9 Å². The van der Waals surface area contributed by atoms with Crippen molar-refractivity contribution < 1.29 is 14.7 Å². The Hall–Kier alpha value is -2.42. The Morgan fingerprint density at radius 2 is 2.12 bits per heavy atom. The number of amides is 1. The second-order valence-electron chi connectivity index (χ2n) is 6.20. The number of carbonyl (C=O) groups excluding carboxylic acids is 1. The Morgan fingerprint density at radius 1 is 1.35 bits per heavy atom. The molecule has 8 nitrogen and oxygen atoms in total. The minimum Gasteiger partial charge on any atom is -0.478 e. The molecule has 2 aromatic rings. The molecule has 0 saturated carbocycles. The maximum atomic E-state index is 12.1. The third-order valence-electron chi connectivity index (χ3n) is 3.63. The average molecular weight is 377 g/mol. The van der Waals surface area contributed by atoms with Crippen molar-refractivity contribution in [1.82, 2.24) is 25.1 Å². The standard InChI is InChI=1S/C17H23N5O3S/c1-11(2)10-22-14(20-21-17(22)26-3)5-4-7-19-15(23)13-9-12(16(24)25)6-8-18-13/h6,8-9,11H,4-5,7,10H2,1-3H3,(H,19,23)(H,24,25). The maximum absolute atomic E-state index is 12.1. The molecule has 0 saturated heterocycles. The number of hydrogen-bond acceptors (Lipinski definition) is 6. The Balaban J connectivity index is 1.89. The molecule has 9 heteroatoms. The summed E-state index contributed by atoms with van der Waals surface area (Å²) < 4.78 is 2.12. The number of carboxylic acid groups (broad SMARTS) is 1. The normalized spacial score (nSPS) is 10.9. The van der Waals surface area contributed by atoms with Gasteiger partial charge in [-0.1, -0.05) is 25.6 Å². The number of nitrogens with one attached hydrogen (secondary N) is 1. The van der Waals surface area contributed by atoms with E-state index < -0.39 is 5.97 Å². The van der Waals surface area contributed by atoms with Gasteiger partial charge in [-0.05, 0) is 30.7 Å². The van der Waals surface area contributed by atoms with Gasteiger partial charge in [0, 0.05) is 25.7 Å². The number of nitrogens with zero attached hydrogens (tertiary/aromatic N) is 4. The molecule has 26 heavy (non-hydrogen) atoms. The summed E-state index contributed by atoms with van der Waals surface area (Å²) in [7, 11) is 0. The summed E-state index contributed by atoms with van der Waals surface area (Å²) >= 11 is 1.57. The van der Waals surface area contributed by atoms with Crippen molar-refractivity contribution in [2.45, 2.75) is 38.4 Å². The third-order valence-corrected chi connectivity index (χ3v) is 4.29. The molecule has 2 aromatic heterocycles. The number of aryl methyl sites for hydroxylation is 1. The van der Waals surface area contributed by atoms with Gasteiger partial charge in [0.25, 0.3) is 5.91 Å². The summed E-state index contributed by atoms with van der Waals surface area (Å²) in [5, 5.41) is 21.1. The molecule has 2 heterocycles. The van der Waals surface area contributed by atoms with Crippen LogP contribution in [0, 0.1) is 5.92 Å². The molecule has 2 rings (SSSR count). The molecule has 140 valence electrons. The molecular formula is C17H23N5O3S. The van der Waals surface area contributed by atoms with Crippen LogP contribution in [0.5, 0.6) is 0 Å². The second-order valence-corrected chi connectivity index (χ2v) is 6.98. The number of carboxylic acids is 1. The van der Waals surface area contributed by atoms with E-state index in [1.807, 2.05) is 6.26 Å². The number of pyridine rings is 1. The van der Waals surface area contributed by atoms with Crippen molar-refractivity contribution in [2.75, 3.05) is 12.8 Å². The van der Waals surface area contributed by atoms with Gasteiger partial charge in [0.05, 0.1) is 5.56 Å². The first-order valence-corrected chi connectivity index (χ1v) is 9.58. The van der Waals surface area contributed by atoms with Crippen molar-refractivity contribution in [1.29, 1.82) is 0 Å². The van der Waals surface area contributed by atoms with E-state index in [-0.39, 0.29) is 17.2 Å². The number of thioether (sulfide) groups is 1. The van der Waals surface area contributed by atoms with Crippen molar-refractivity contribution in [3.05, 3.63) is 35.4 Å². The van der Waals surface area contributed by atoms with E-state index in [9.17, 15) is 9.59 Å². The maximum Gasteiger partial charge on any atom is 0.335 e. The number of aromatic carboxylic acids is 1. The Bertz CT molecular complexity index is 776. The number of carbonyl (C=O) groups is 2. The first-order valence-electron chi connectivity index (χ1n) is 8.36. The molecule has 0 aliphatic rings. The third kappa shape index (κ3) is 5.29. The number of aromatic nitrogens is 4. The minimum atomic E-state index is -1.09. The van der Waals surface area contributed by atoms with Crippen LogP contribution in [0.2, 0.25) is 0 Å². The lowest BCUT2D eigenvalue weighted by Crippen LogP contribution is -2.26. The fourth-order valence-electron chi connectivity index (χ4n) is 2.43. The highest BCUT2D eigenvalue weighted by molar-refractivity contribution is 7.98. The molecule has 0 atom stereocenters. The zero-order valence-electron chi connectivity index (χ0n) is 15.1. The SMILES string of the molecule is CSc1nnc(CCCNC(=O)c2cc(C(=O)O)ccn2)n1CC(C)C. The topological polar surface area (TPSA) is 110 Å². The summed E-state index contributed by atoms with van der Waals surface area (Å²) in [5.41, 5.74) is 0.133. The minimum absolute atomic E-state index is 0.0385. The molecule has 0 fully saturated rings. The van der Waals surface area contributed by atoms with Crippen LogP contribution in [0.15, 0.2) is 23.5 Å². The highest BCUT2D eigenvalue weighted by atomic mass is 32.2. The summed E-state index contributed by atoms with van der Waals surface area (Å²) in [6.45, 7) is 5.59. The quantitative estimate of drug-likeness (QED) is 0.509. The predicted octanol–water partition coefficient (Wildman–Crippen LogP) is 2.11. The van der Waals surface area contributed by atoms with Gasteiger partial charge < -0.3 is 15.0 Å². The van der Waals surface area contributed by atoms with Crippen molar-refractivity contribution in [2.24, 2.45) is 5.92 Å². The molecule has 1 amide bonds. The summed E-state index contributed by atoms with van der Waals surface area (Å²) in [6.07, 6.45) is 4.69. The Labute approximate surface area is 156 Å². The molecule has 0 aliphatic carbocycles. The molecular weight excluding hydrogens is 354 g/mol. The smallest absolute Gasteiger partial charge is 0.335 e. The Morgan fingerprint density at radius 3 is 2.77 bits per heavy atom. The lowest BCUT2D eigenvalue weighted by atomic mass is 10.2. The molecule has 0 aliphatic heterocycles.